The largest absolute Gasteiger partial charge is 0.496 e. The van der Waals surface area contributed by atoms with Gasteiger partial charge >= 0.3 is 5.97 Å². The molecule has 0 radical (unpaired) electrons. The average Bonchev–Trinajstić information content (AvgIpc) is 2.87. The Kier molecular flexibility index (Phi) is 3.45. The predicted octanol–water partition coefficient (Wildman–Crippen LogP) is 3.75. The van der Waals surface area contributed by atoms with E-state index in [9.17, 15) is 9.90 Å². The van der Waals surface area contributed by atoms with Crippen molar-refractivity contribution in [3.05, 3.63) is 48.0 Å². The second-order valence-electron chi connectivity index (χ2n) is 4.34. The Labute approximate surface area is 124 Å². The number of hydrogen-bond acceptors (Lipinski definition) is 5. The van der Waals surface area contributed by atoms with Crippen molar-refractivity contribution in [2.24, 2.45) is 0 Å². The maximum Gasteiger partial charge on any atom is 0.339 e. The summed E-state index contributed by atoms with van der Waals surface area (Å²) in [5.41, 5.74) is 1.78. The normalized spacial score (nSPS) is 10.5. The number of carboxylic acids is 1. The molecule has 3 rings (SSSR count). The SMILES string of the molecule is COc1cc2nc(Nc3ccccc3)sc2cc1C(=O)O. The molecule has 0 bridgehead atoms. The Morgan fingerprint density at radius 2 is 2.05 bits per heavy atom. The molecule has 0 saturated heterocycles. The number of carboxylic acid groups (broad SMARTS) is 1. The van der Waals surface area contributed by atoms with Crippen molar-refractivity contribution < 1.29 is 14.6 Å². The molecule has 0 saturated carbocycles. The molecule has 21 heavy (non-hydrogen) atoms. The standard InChI is InChI=1S/C15H12N2O3S/c1-20-12-8-11-13(7-10(12)14(18)19)21-15(17-11)16-9-5-3-2-4-6-9/h2-8H,1H3,(H,16,17)(H,18,19). The molecule has 2 N–H and O–H groups in total. The number of benzene rings is 2. The van der Waals surface area contributed by atoms with Gasteiger partial charge in [0.2, 0.25) is 0 Å². The molecule has 3 aromatic rings. The molecular formula is C15H12N2O3S. The van der Waals surface area contributed by atoms with Crippen LogP contribution in [0.15, 0.2) is 42.5 Å². The molecule has 5 nitrogen and oxygen atoms in total. The summed E-state index contributed by atoms with van der Waals surface area (Å²) in [6, 6.07) is 12.9. The predicted molar refractivity (Wildman–Crippen MR) is 82.9 cm³/mol. The molecule has 0 aliphatic carbocycles. The number of rotatable bonds is 4. The Hall–Kier alpha value is -2.60. The van der Waals surface area contributed by atoms with Crippen LogP contribution in [0.25, 0.3) is 10.2 Å². The maximum absolute atomic E-state index is 11.2. The van der Waals surface area contributed by atoms with Gasteiger partial charge in [0, 0.05) is 11.8 Å². The highest BCUT2D eigenvalue weighted by molar-refractivity contribution is 7.22. The van der Waals surface area contributed by atoms with Crippen molar-refractivity contribution in [2.45, 2.75) is 0 Å². The van der Waals surface area contributed by atoms with E-state index in [1.165, 1.54) is 18.4 Å². The van der Waals surface area contributed by atoms with Crippen LogP contribution < -0.4 is 10.1 Å². The van der Waals surface area contributed by atoms with Gasteiger partial charge in [-0.25, -0.2) is 9.78 Å². The van der Waals surface area contributed by atoms with Gasteiger partial charge < -0.3 is 15.2 Å². The van der Waals surface area contributed by atoms with Gasteiger partial charge in [-0.1, -0.05) is 29.5 Å². The molecule has 2 aromatic carbocycles. The average molecular weight is 300 g/mol. The van der Waals surface area contributed by atoms with E-state index < -0.39 is 5.97 Å². The molecule has 1 aromatic heterocycles. The number of thiazole rings is 1. The van der Waals surface area contributed by atoms with E-state index in [1.807, 2.05) is 30.3 Å². The summed E-state index contributed by atoms with van der Waals surface area (Å²) in [6.07, 6.45) is 0. The van der Waals surface area contributed by atoms with Gasteiger partial charge in [-0.3, -0.25) is 0 Å². The zero-order valence-corrected chi connectivity index (χ0v) is 12.0. The Bertz CT molecular complexity index is 799. The van der Waals surface area contributed by atoms with E-state index >= 15 is 0 Å². The van der Waals surface area contributed by atoms with Crippen molar-refractivity contribution in [1.29, 1.82) is 0 Å². The monoisotopic (exact) mass is 300 g/mol. The lowest BCUT2D eigenvalue weighted by Gasteiger charge is -2.03. The summed E-state index contributed by atoms with van der Waals surface area (Å²) >= 11 is 1.40. The molecule has 0 aliphatic heterocycles. The van der Waals surface area contributed by atoms with Gasteiger partial charge in [-0.15, -0.1) is 0 Å². The first-order valence-corrected chi connectivity index (χ1v) is 7.03. The van der Waals surface area contributed by atoms with Crippen LogP contribution >= 0.6 is 11.3 Å². The third-order valence-electron chi connectivity index (χ3n) is 2.97. The molecule has 0 amide bonds. The summed E-state index contributed by atoms with van der Waals surface area (Å²) in [4.78, 5) is 15.7. The summed E-state index contributed by atoms with van der Waals surface area (Å²) in [5.74, 6) is -0.703. The lowest BCUT2D eigenvalue weighted by atomic mass is 10.2. The van der Waals surface area contributed by atoms with Gasteiger partial charge in [-0.2, -0.15) is 0 Å². The summed E-state index contributed by atoms with van der Waals surface area (Å²) in [5, 5.41) is 13.1. The number of anilines is 2. The van der Waals surface area contributed by atoms with E-state index in [0.717, 1.165) is 10.4 Å². The topological polar surface area (TPSA) is 71.5 Å². The molecule has 0 fully saturated rings. The van der Waals surface area contributed by atoms with Crippen LogP contribution in [0.1, 0.15) is 10.4 Å². The van der Waals surface area contributed by atoms with Crippen LogP contribution in [0.2, 0.25) is 0 Å². The Morgan fingerprint density at radius 3 is 2.71 bits per heavy atom. The van der Waals surface area contributed by atoms with E-state index in [2.05, 4.69) is 10.3 Å². The van der Waals surface area contributed by atoms with Crippen LogP contribution in [0, 0.1) is 0 Å². The number of aromatic nitrogens is 1. The highest BCUT2D eigenvalue weighted by Crippen LogP contribution is 2.33. The smallest absolute Gasteiger partial charge is 0.339 e. The van der Waals surface area contributed by atoms with Gasteiger partial charge in [0.1, 0.15) is 11.3 Å². The minimum absolute atomic E-state index is 0.139. The number of hydrogen-bond donors (Lipinski definition) is 2. The molecule has 0 atom stereocenters. The number of aromatic carboxylic acids is 1. The van der Waals surface area contributed by atoms with Gasteiger partial charge in [-0.05, 0) is 18.2 Å². The van der Waals surface area contributed by atoms with Crippen LogP contribution in [0.5, 0.6) is 5.75 Å². The first-order chi connectivity index (χ1) is 10.2. The van der Waals surface area contributed by atoms with E-state index in [0.29, 0.717) is 16.4 Å². The van der Waals surface area contributed by atoms with Crippen molar-refractivity contribution in [2.75, 3.05) is 12.4 Å². The maximum atomic E-state index is 11.2. The summed E-state index contributed by atoms with van der Waals surface area (Å²) < 4.78 is 5.90. The van der Waals surface area contributed by atoms with Crippen molar-refractivity contribution in [3.63, 3.8) is 0 Å². The number of carbonyl (C=O) groups is 1. The van der Waals surface area contributed by atoms with Crippen LogP contribution in [-0.2, 0) is 0 Å². The quantitative estimate of drug-likeness (QED) is 0.768. The van der Waals surface area contributed by atoms with Gasteiger partial charge in [0.15, 0.2) is 5.13 Å². The first kappa shape index (κ1) is 13.4. The number of methoxy groups -OCH3 is 1. The van der Waals surface area contributed by atoms with Crippen LogP contribution in [-0.4, -0.2) is 23.2 Å². The lowest BCUT2D eigenvalue weighted by Crippen LogP contribution is -1.99. The molecule has 106 valence electrons. The molecule has 1 heterocycles. The second kappa shape index (κ2) is 5.41. The molecule has 0 unspecified atom stereocenters. The summed E-state index contributed by atoms with van der Waals surface area (Å²) in [7, 11) is 1.45. The zero-order chi connectivity index (χ0) is 14.8. The minimum atomic E-state index is -1.01. The van der Waals surface area contributed by atoms with E-state index in [-0.39, 0.29) is 5.56 Å². The number of fused-ring (bicyclic) bond motifs is 1. The molecular weight excluding hydrogens is 288 g/mol. The third kappa shape index (κ3) is 2.66. The number of ether oxygens (including phenoxy) is 1. The van der Waals surface area contributed by atoms with Gasteiger partial charge in [0.25, 0.3) is 0 Å². The number of nitrogens with one attached hydrogen (secondary N) is 1. The van der Waals surface area contributed by atoms with E-state index in [1.54, 1.807) is 12.1 Å². The minimum Gasteiger partial charge on any atom is -0.496 e. The highest BCUT2D eigenvalue weighted by atomic mass is 32.1. The molecule has 0 spiro atoms. The lowest BCUT2D eigenvalue weighted by molar-refractivity contribution is 0.0693. The van der Waals surface area contributed by atoms with E-state index in [4.69, 9.17) is 4.74 Å². The molecule has 6 heteroatoms. The van der Waals surface area contributed by atoms with Crippen LogP contribution in [0.4, 0.5) is 10.8 Å². The van der Waals surface area contributed by atoms with Crippen molar-refractivity contribution in [3.8, 4) is 5.75 Å². The fourth-order valence-corrected chi connectivity index (χ4v) is 2.90. The first-order valence-electron chi connectivity index (χ1n) is 6.21. The third-order valence-corrected chi connectivity index (χ3v) is 3.90. The highest BCUT2D eigenvalue weighted by Gasteiger charge is 2.15. The Morgan fingerprint density at radius 1 is 1.29 bits per heavy atom. The zero-order valence-electron chi connectivity index (χ0n) is 11.2. The Balaban J connectivity index is 2.02. The molecule has 0 aliphatic rings. The second-order valence-corrected chi connectivity index (χ2v) is 5.37. The fraction of sp³-hybridized carbons (Fsp3) is 0.0667. The van der Waals surface area contributed by atoms with Crippen molar-refractivity contribution >= 4 is 38.3 Å². The fourth-order valence-electron chi connectivity index (χ4n) is 1.99. The van der Waals surface area contributed by atoms with Crippen LogP contribution in [0.3, 0.4) is 0 Å². The van der Waals surface area contributed by atoms with Gasteiger partial charge in [0.05, 0.1) is 17.3 Å². The number of nitrogens with zero attached hydrogens (tertiary/aromatic N) is 1. The number of para-hydroxylation sites is 1. The van der Waals surface area contributed by atoms with Crippen molar-refractivity contribution in [1.82, 2.24) is 4.98 Å². The summed E-state index contributed by atoms with van der Waals surface area (Å²) in [6.45, 7) is 0.